The normalized spacial score (nSPS) is 29.0. The maximum absolute atomic E-state index is 11.7. The molecule has 2 rings (SSSR count). The quantitative estimate of drug-likeness (QED) is 0.507. The lowest BCUT2D eigenvalue weighted by Crippen LogP contribution is -2.30. The van der Waals surface area contributed by atoms with Crippen LogP contribution >= 0.6 is 0 Å². The fraction of sp³-hybridized carbons (Fsp3) is 0.667. The fourth-order valence-electron chi connectivity index (χ4n) is 2.54. The van der Waals surface area contributed by atoms with Gasteiger partial charge in [-0.15, -0.1) is 0 Å². The number of hydrogen-bond acceptors (Lipinski definition) is 2. The Bertz CT molecular complexity index is 293. The van der Waals surface area contributed by atoms with Crippen LogP contribution in [0.4, 0.5) is 0 Å². The molecule has 0 spiro atoms. The molecule has 0 saturated carbocycles. The van der Waals surface area contributed by atoms with E-state index in [2.05, 4.69) is 12.2 Å². The van der Waals surface area contributed by atoms with E-state index >= 15 is 0 Å². The maximum atomic E-state index is 11.7. The minimum atomic E-state index is -0.0343. The minimum absolute atomic E-state index is 0.0110. The van der Waals surface area contributed by atoms with Gasteiger partial charge in [0.2, 0.25) is 5.91 Å². The SMILES string of the molecule is CC(=O)CC(=O)N1CC2CC=CCC2C1. The van der Waals surface area contributed by atoms with Crippen molar-refractivity contribution >= 4 is 11.7 Å². The zero-order valence-electron chi connectivity index (χ0n) is 9.11. The second kappa shape index (κ2) is 4.17. The number of amides is 1. The standard InChI is InChI=1S/C12H17NO2/c1-9(14)6-12(15)13-7-10-4-2-3-5-11(10)8-13/h2-3,10-11H,4-8H2,1H3. The summed E-state index contributed by atoms with van der Waals surface area (Å²) in [6.45, 7) is 3.17. The van der Waals surface area contributed by atoms with E-state index < -0.39 is 0 Å². The third-order valence-corrected chi connectivity index (χ3v) is 3.37. The summed E-state index contributed by atoms with van der Waals surface area (Å²) in [7, 11) is 0. The van der Waals surface area contributed by atoms with Gasteiger partial charge in [-0.25, -0.2) is 0 Å². The van der Waals surface area contributed by atoms with Crippen LogP contribution < -0.4 is 0 Å². The van der Waals surface area contributed by atoms with Crippen molar-refractivity contribution in [3.05, 3.63) is 12.2 Å². The Morgan fingerprint density at radius 3 is 2.20 bits per heavy atom. The van der Waals surface area contributed by atoms with Crippen molar-refractivity contribution in [3.8, 4) is 0 Å². The highest BCUT2D eigenvalue weighted by molar-refractivity contribution is 5.96. The second-order valence-electron chi connectivity index (χ2n) is 4.64. The summed E-state index contributed by atoms with van der Waals surface area (Å²) in [4.78, 5) is 24.4. The first-order valence-corrected chi connectivity index (χ1v) is 5.59. The first kappa shape index (κ1) is 10.4. The second-order valence-corrected chi connectivity index (χ2v) is 4.64. The van der Waals surface area contributed by atoms with E-state index in [1.165, 1.54) is 6.92 Å². The average Bonchev–Trinajstić information content (AvgIpc) is 2.59. The first-order valence-electron chi connectivity index (χ1n) is 5.59. The Hall–Kier alpha value is -1.12. The number of hydrogen-bond donors (Lipinski definition) is 0. The van der Waals surface area contributed by atoms with Crippen molar-refractivity contribution in [2.24, 2.45) is 11.8 Å². The number of ketones is 1. The lowest BCUT2D eigenvalue weighted by atomic mass is 9.86. The molecule has 1 fully saturated rings. The van der Waals surface area contributed by atoms with Crippen LogP contribution in [-0.4, -0.2) is 29.7 Å². The van der Waals surface area contributed by atoms with Crippen LogP contribution in [0.15, 0.2) is 12.2 Å². The van der Waals surface area contributed by atoms with Gasteiger partial charge < -0.3 is 4.90 Å². The van der Waals surface area contributed by atoms with Gasteiger partial charge in [-0.2, -0.15) is 0 Å². The van der Waals surface area contributed by atoms with Gasteiger partial charge >= 0.3 is 0 Å². The molecule has 3 nitrogen and oxygen atoms in total. The molecule has 1 aliphatic heterocycles. The van der Waals surface area contributed by atoms with Crippen molar-refractivity contribution in [2.45, 2.75) is 26.2 Å². The molecule has 0 radical (unpaired) electrons. The van der Waals surface area contributed by atoms with Crippen LogP contribution in [0.5, 0.6) is 0 Å². The Morgan fingerprint density at radius 1 is 1.20 bits per heavy atom. The first-order chi connectivity index (χ1) is 7.16. The Labute approximate surface area is 90.1 Å². The van der Waals surface area contributed by atoms with Crippen molar-refractivity contribution in [2.75, 3.05) is 13.1 Å². The minimum Gasteiger partial charge on any atom is -0.342 e. The maximum Gasteiger partial charge on any atom is 0.230 e. The van der Waals surface area contributed by atoms with E-state index in [-0.39, 0.29) is 18.1 Å². The molecule has 1 aliphatic carbocycles. The molecule has 0 aromatic heterocycles. The molecule has 0 aromatic rings. The highest BCUT2D eigenvalue weighted by Crippen LogP contribution is 2.32. The predicted molar refractivity (Wildman–Crippen MR) is 57.2 cm³/mol. The van der Waals surface area contributed by atoms with Gasteiger partial charge in [0.25, 0.3) is 0 Å². The Kier molecular flexibility index (Phi) is 2.89. The van der Waals surface area contributed by atoms with Crippen LogP contribution in [-0.2, 0) is 9.59 Å². The fourth-order valence-corrected chi connectivity index (χ4v) is 2.54. The van der Waals surface area contributed by atoms with E-state index in [4.69, 9.17) is 0 Å². The summed E-state index contributed by atoms with van der Waals surface area (Å²) >= 11 is 0. The van der Waals surface area contributed by atoms with Crippen LogP contribution in [0.1, 0.15) is 26.2 Å². The molecular weight excluding hydrogens is 190 g/mol. The Balaban J connectivity index is 1.92. The van der Waals surface area contributed by atoms with E-state index in [1.807, 2.05) is 4.90 Å². The lowest BCUT2D eigenvalue weighted by molar-refractivity contribution is -0.134. The van der Waals surface area contributed by atoms with Crippen molar-refractivity contribution < 1.29 is 9.59 Å². The number of carbonyl (C=O) groups is 2. The largest absolute Gasteiger partial charge is 0.342 e. The molecule has 0 bridgehead atoms. The van der Waals surface area contributed by atoms with Crippen LogP contribution in [0, 0.1) is 11.8 Å². The van der Waals surface area contributed by atoms with Gasteiger partial charge in [0.15, 0.2) is 0 Å². The lowest BCUT2D eigenvalue weighted by Gasteiger charge is -2.17. The number of fused-ring (bicyclic) bond motifs is 1. The summed E-state index contributed by atoms with van der Waals surface area (Å²) in [6, 6.07) is 0. The molecule has 15 heavy (non-hydrogen) atoms. The molecule has 82 valence electrons. The van der Waals surface area contributed by atoms with Crippen molar-refractivity contribution in [1.29, 1.82) is 0 Å². The number of likely N-dealkylation sites (tertiary alicyclic amines) is 1. The summed E-state index contributed by atoms with van der Waals surface area (Å²) < 4.78 is 0. The number of Topliss-reactive ketones (excluding diaryl/α,β-unsaturated/α-hetero) is 1. The predicted octanol–water partition coefficient (Wildman–Crippen LogP) is 1.39. The molecular formula is C12H17NO2. The van der Waals surface area contributed by atoms with Crippen LogP contribution in [0.2, 0.25) is 0 Å². The summed E-state index contributed by atoms with van der Waals surface area (Å²) in [5.41, 5.74) is 0. The molecule has 1 saturated heterocycles. The molecule has 0 aromatic carbocycles. The van der Waals surface area contributed by atoms with Gasteiger partial charge in [0, 0.05) is 13.1 Å². The van der Waals surface area contributed by atoms with Crippen molar-refractivity contribution in [1.82, 2.24) is 4.90 Å². The highest BCUT2D eigenvalue weighted by Gasteiger charge is 2.34. The highest BCUT2D eigenvalue weighted by atomic mass is 16.2. The van der Waals surface area contributed by atoms with Gasteiger partial charge in [0.05, 0.1) is 6.42 Å². The van der Waals surface area contributed by atoms with Gasteiger partial charge in [-0.05, 0) is 31.6 Å². The molecule has 0 N–H and O–H groups in total. The monoisotopic (exact) mass is 207 g/mol. The molecule has 1 amide bonds. The van der Waals surface area contributed by atoms with Gasteiger partial charge in [-0.1, -0.05) is 12.2 Å². The van der Waals surface area contributed by atoms with Crippen LogP contribution in [0.25, 0.3) is 0 Å². The van der Waals surface area contributed by atoms with Crippen molar-refractivity contribution in [3.63, 3.8) is 0 Å². The summed E-state index contributed by atoms with van der Waals surface area (Å²) in [6.07, 6.45) is 6.68. The number of nitrogens with zero attached hydrogens (tertiary/aromatic N) is 1. The van der Waals surface area contributed by atoms with E-state index in [0.29, 0.717) is 11.8 Å². The number of carbonyl (C=O) groups excluding carboxylic acids is 2. The van der Waals surface area contributed by atoms with Gasteiger partial charge in [0.1, 0.15) is 5.78 Å². The zero-order valence-corrected chi connectivity index (χ0v) is 9.11. The topological polar surface area (TPSA) is 37.4 Å². The number of rotatable bonds is 2. The molecule has 2 aliphatic rings. The van der Waals surface area contributed by atoms with Gasteiger partial charge in [-0.3, -0.25) is 9.59 Å². The Morgan fingerprint density at radius 2 is 1.73 bits per heavy atom. The molecule has 2 atom stereocenters. The third-order valence-electron chi connectivity index (χ3n) is 3.37. The third kappa shape index (κ3) is 2.28. The molecule has 1 heterocycles. The van der Waals surface area contributed by atoms with E-state index in [0.717, 1.165) is 25.9 Å². The molecule has 3 heteroatoms. The van der Waals surface area contributed by atoms with E-state index in [1.54, 1.807) is 0 Å². The summed E-state index contributed by atoms with van der Waals surface area (Å²) in [5.74, 6) is 1.24. The van der Waals surface area contributed by atoms with E-state index in [9.17, 15) is 9.59 Å². The smallest absolute Gasteiger partial charge is 0.230 e. The number of allylic oxidation sites excluding steroid dienone is 2. The average molecular weight is 207 g/mol. The summed E-state index contributed by atoms with van der Waals surface area (Å²) in [5, 5.41) is 0. The molecule has 2 unspecified atom stereocenters. The zero-order chi connectivity index (χ0) is 10.8. The van der Waals surface area contributed by atoms with Crippen LogP contribution in [0.3, 0.4) is 0 Å².